The first-order valence-electron chi connectivity index (χ1n) is 9.92. The van der Waals surface area contributed by atoms with Crippen molar-refractivity contribution in [3.63, 3.8) is 0 Å². The molecule has 1 fully saturated rings. The molecule has 0 N–H and O–H groups in total. The predicted octanol–water partition coefficient (Wildman–Crippen LogP) is 2.41. The Morgan fingerprint density at radius 3 is 2.13 bits per heavy atom. The number of imidazole rings is 1. The van der Waals surface area contributed by atoms with Crippen molar-refractivity contribution in [1.29, 1.82) is 0 Å². The standard InChI is InChI=1S/C21H26N6O2S/c1-15-11-17(3)19(12-16(15)2)30(28,29)26-9-7-25(8-10-26)20-13-21(24-14-23-20)27-6-5-22-18(27)4/h5-6,11-14H,7-10H2,1-4H3. The predicted molar refractivity (Wildman–Crippen MR) is 116 cm³/mol. The number of benzene rings is 1. The molecule has 0 aliphatic carbocycles. The van der Waals surface area contributed by atoms with Crippen LogP contribution in [0.1, 0.15) is 22.5 Å². The third kappa shape index (κ3) is 3.70. The van der Waals surface area contributed by atoms with Gasteiger partial charge in [0, 0.05) is 44.6 Å². The van der Waals surface area contributed by atoms with Crippen molar-refractivity contribution in [3.05, 3.63) is 59.4 Å². The lowest BCUT2D eigenvalue weighted by Gasteiger charge is -2.35. The molecule has 0 amide bonds. The molecule has 1 aromatic carbocycles. The van der Waals surface area contributed by atoms with Crippen LogP contribution in [0.25, 0.3) is 5.82 Å². The Labute approximate surface area is 177 Å². The molecule has 0 atom stereocenters. The molecule has 0 bridgehead atoms. The van der Waals surface area contributed by atoms with Gasteiger partial charge in [0.25, 0.3) is 0 Å². The molecule has 1 aliphatic rings. The van der Waals surface area contributed by atoms with Gasteiger partial charge in [-0.25, -0.2) is 23.4 Å². The van der Waals surface area contributed by atoms with Crippen molar-refractivity contribution < 1.29 is 8.42 Å². The molecule has 1 aliphatic heterocycles. The molecule has 0 radical (unpaired) electrons. The summed E-state index contributed by atoms with van der Waals surface area (Å²) in [6, 6.07) is 5.64. The van der Waals surface area contributed by atoms with Crippen LogP contribution in [0.3, 0.4) is 0 Å². The van der Waals surface area contributed by atoms with E-state index >= 15 is 0 Å². The number of sulfonamides is 1. The highest BCUT2D eigenvalue weighted by molar-refractivity contribution is 7.89. The van der Waals surface area contributed by atoms with Gasteiger partial charge in [0.05, 0.1) is 4.90 Å². The van der Waals surface area contributed by atoms with E-state index in [1.807, 2.05) is 50.6 Å². The number of rotatable bonds is 4. The van der Waals surface area contributed by atoms with Crippen LogP contribution in [0, 0.1) is 27.7 Å². The highest BCUT2D eigenvalue weighted by atomic mass is 32.2. The van der Waals surface area contributed by atoms with Crippen LogP contribution in [0.4, 0.5) is 5.82 Å². The molecule has 2 aromatic heterocycles. The highest BCUT2D eigenvalue weighted by Gasteiger charge is 2.30. The van der Waals surface area contributed by atoms with Crippen molar-refractivity contribution >= 4 is 15.8 Å². The first kappa shape index (κ1) is 20.5. The Kier molecular flexibility index (Phi) is 5.33. The fraction of sp³-hybridized carbons (Fsp3) is 0.381. The van der Waals surface area contributed by atoms with Crippen LogP contribution in [0.15, 0.2) is 41.8 Å². The average Bonchev–Trinajstić information content (AvgIpc) is 3.16. The summed E-state index contributed by atoms with van der Waals surface area (Å²) >= 11 is 0. The lowest BCUT2D eigenvalue weighted by molar-refractivity contribution is 0.383. The van der Waals surface area contributed by atoms with Gasteiger partial charge < -0.3 is 4.90 Å². The van der Waals surface area contributed by atoms with Gasteiger partial charge in [-0.3, -0.25) is 4.57 Å². The summed E-state index contributed by atoms with van der Waals surface area (Å²) in [4.78, 5) is 15.5. The van der Waals surface area contributed by atoms with E-state index in [4.69, 9.17) is 0 Å². The first-order valence-corrected chi connectivity index (χ1v) is 11.4. The van der Waals surface area contributed by atoms with Gasteiger partial charge in [0.2, 0.25) is 10.0 Å². The minimum Gasteiger partial charge on any atom is -0.354 e. The van der Waals surface area contributed by atoms with Crippen molar-refractivity contribution in [1.82, 2.24) is 23.8 Å². The summed E-state index contributed by atoms with van der Waals surface area (Å²) in [5.41, 5.74) is 2.88. The van der Waals surface area contributed by atoms with Crippen LogP contribution < -0.4 is 4.90 Å². The summed E-state index contributed by atoms with van der Waals surface area (Å²) < 4.78 is 29.9. The second-order valence-corrected chi connectivity index (χ2v) is 9.58. The molecular formula is C21H26N6O2S. The van der Waals surface area contributed by atoms with Gasteiger partial charge in [-0.1, -0.05) is 6.07 Å². The van der Waals surface area contributed by atoms with Gasteiger partial charge in [-0.15, -0.1) is 0 Å². The maximum absolute atomic E-state index is 13.2. The molecule has 30 heavy (non-hydrogen) atoms. The van der Waals surface area contributed by atoms with E-state index in [0.717, 1.165) is 34.2 Å². The number of aryl methyl sites for hydroxylation is 4. The Morgan fingerprint density at radius 2 is 1.47 bits per heavy atom. The van der Waals surface area contributed by atoms with Crippen LogP contribution in [-0.4, -0.2) is 58.4 Å². The van der Waals surface area contributed by atoms with Gasteiger partial charge in [0.1, 0.15) is 23.8 Å². The van der Waals surface area contributed by atoms with Crippen LogP contribution in [0.2, 0.25) is 0 Å². The zero-order valence-electron chi connectivity index (χ0n) is 17.7. The number of piperazine rings is 1. The number of hydrogen-bond acceptors (Lipinski definition) is 6. The Morgan fingerprint density at radius 1 is 0.800 bits per heavy atom. The van der Waals surface area contributed by atoms with Gasteiger partial charge in [-0.2, -0.15) is 4.31 Å². The fourth-order valence-corrected chi connectivity index (χ4v) is 5.48. The van der Waals surface area contributed by atoms with E-state index in [2.05, 4.69) is 19.9 Å². The second-order valence-electron chi connectivity index (χ2n) is 7.67. The van der Waals surface area contributed by atoms with Crippen LogP contribution in [0.5, 0.6) is 0 Å². The van der Waals surface area contributed by atoms with E-state index in [0.29, 0.717) is 31.1 Å². The average molecular weight is 427 g/mol. The zero-order valence-corrected chi connectivity index (χ0v) is 18.5. The molecule has 4 rings (SSSR count). The molecule has 0 spiro atoms. The lowest BCUT2D eigenvalue weighted by Crippen LogP contribution is -2.49. The van der Waals surface area contributed by atoms with Gasteiger partial charge in [0.15, 0.2) is 0 Å². The summed E-state index contributed by atoms with van der Waals surface area (Å²) in [5, 5.41) is 0. The smallest absolute Gasteiger partial charge is 0.243 e. The molecule has 158 valence electrons. The summed E-state index contributed by atoms with van der Waals surface area (Å²) in [6.45, 7) is 9.69. The fourth-order valence-electron chi connectivity index (χ4n) is 3.77. The second kappa shape index (κ2) is 7.81. The summed E-state index contributed by atoms with van der Waals surface area (Å²) in [6.07, 6.45) is 5.12. The minimum absolute atomic E-state index is 0.402. The summed E-state index contributed by atoms with van der Waals surface area (Å²) in [5.74, 6) is 2.38. The van der Waals surface area contributed by atoms with E-state index in [1.165, 1.54) is 6.33 Å². The van der Waals surface area contributed by atoms with E-state index in [-0.39, 0.29) is 0 Å². The van der Waals surface area contributed by atoms with Gasteiger partial charge in [-0.05, 0) is 50.5 Å². The summed E-state index contributed by atoms with van der Waals surface area (Å²) in [7, 11) is -3.53. The van der Waals surface area contributed by atoms with E-state index in [1.54, 1.807) is 16.6 Å². The van der Waals surface area contributed by atoms with Crippen molar-refractivity contribution in [2.45, 2.75) is 32.6 Å². The number of aromatic nitrogens is 4. The first-order chi connectivity index (χ1) is 14.3. The zero-order chi connectivity index (χ0) is 21.5. The molecule has 0 saturated carbocycles. The topological polar surface area (TPSA) is 84.2 Å². The maximum Gasteiger partial charge on any atom is 0.243 e. The molecule has 8 nitrogen and oxygen atoms in total. The quantitative estimate of drug-likeness (QED) is 0.637. The minimum atomic E-state index is -3.53. The van der Waals surface area contributed by atoms with Crippen LogP contribution in [-0.2, 0) is 10.0 Å². The number of hydrogen-bond donors (Lipinski definition) is 0. The molecule has 9 heteroatoms. The normalized spacial score (nSPS) is 15.5. The molecule has 3 aromatic rings. The SMILES string of the molecule is Cc1cc(C)c(S(=O)(=O)N2CCN(c3cc(-n4ccnc4C)ncn3)CC2)cc1C. The Bertz CT molecular complexity index is 1180. The Hall–Kier alpha value is -2.78. The van der Waals surface area contributed by atoms with Gasteiger partial charge >= 0.3 is 0 Å². The largest absolute Gasteiger partial charge is 0.354 e. The monoisotopic (exact) mass is 426 g/mol. The third-order valence-electron chi connectivity index (χ3n) is 5.68. The number of nitrogens with zero attached hydrogens (tertiary/aromatic N) is 6. The number of anilines is 1. The Balaban J connectivity index is 1.52. The maximum atomic E-state index is 13.2. The van der Waals surface area contributed by atoms with Crippen molar-refractivity contribution in [3.8, 4) is 5.82 Å². The molecule has 0 unspecified atom stereocenters. The van der Waals surface area contributed by atoms with E-state index in [9.17, 15) is 8.42 Å². The van der Waals surface area contributed by atoms with E-state index < -0.39 is 10.0 Å². The highest BCUT2D eigenvalue weighted by Crippen LogP contribution is 2.25. The molecule has 1 saturated heterocycles. The van der Waals surface area contributed by atoms with Crippen LogP contribution >= 0.6 is 0 Å². The van der Waals surface area contributed by atoms with Crippen molar-refractivity contribution in [2.24, 2.45) is 0 Å². The molecule has 3 heterocycles. The lowest BCUT2D eigenvalue weighted by atomic mass is 10.1. The van der Waals surface area contributed by atoms with Crippen molar-refractivity contribution in [2.75, 3.05) is 31.1 Å². The molecular weight excluding hydrogens is 400 g/mol. The third-order valence-corrected chi connectivity index (χ3v) is 7.72.